The summed E-state index contributed by atoms with van der Waals surface area (Å²) >= 11 is 0. The van der Waals surface area contributed by atoms with Crippen molar-refractivity contribution < 1.29 is 22.7 Å². The highest BCUT2D eigenvalue weighted by Crippen LogP contribution is 2.32. The van der Waals surface area contributed by atoms with Gasteiger partial charge in [0.15, 0.2) is 5.69 Å². The molecule has 0 bridgehead atoms. The first kappa shape index (κ1) is 19.7. The summed E-state index contributed by atoms with van der Waals surface area (Å²) in [4.78, 5) is 12.5. The van der Waals surface area contributed by atoms with Crippen LogP contribution < -0.4 is 4.74 Å². The maximum absolute atomic E-state index is 13.1. The second-order valence-corrected chi connectivity index (χ2v) is 7.33. The fourth-order valence-corrected chi connectivity index (χ4v) is 2.59. The Morgan fingerprint density at radius 1 is 0.964 bits per heavy atom. The van der Waals surface area contributed by atoms with Crippen LogP contribution in [-0.2, 0) is 11.6 Å². The highest BCUT2D eigenvalue weighted by Gasteiger charge is 2.36. The second kappa shape index (κ2) is 7.14. The Balaban J connectivity index is 1.93. The zero-order chi connectivity index (χ0) is 20.5. The van der Waals surface area contributed by atoms with Crippen LogP contribution in [0, 0.1) is 0 Å². The first-order valence-electron chi connectivity index (χ1n) is 8.61. The monoisotopic (exact) mass is 388 g/mol. The molecule has 0 aliphatic carbocycles. The van der Waals surface area contributed by atoms with E-state index in [1.807, 2.05) is 20.8 Å². The molecule has 3 aromatic rings. The predicted molar refractivity (Wildman–Crippen MR) is 98.7 cm³/mol. The van der Waals surface area contributed by atoms with Gasteiger partial charge in [0.25, 0.3) is 0 Å². The SMILES string of the molecule is CC(C)(C)c1ccc(C(=O)Oc2cc(C(F)(F)F)nn2-c2ccccc2)cc1. The molecule has 0 saturated heterocycles. The van der Waals surface area contributed by atoms with Gasteiger partial charge in [-0.25, -0.2) is 9.48 Å². The number of hydrogen-bond acceptors (Lipinski definition) is 3. The summed E-state index contributed by atoms with van der Waals surface area (Å²) in [6, 6.07) is 15.7. The number of esters is 1. The van der Waals surface area contributed by atoms with Crippen LogP contribution in [-0.4, -0.2) is 15.7 Å². The number of carbonyl (C=O) groups excluding carboxylic acids is 1. The molecule has 0 aliphatic rings. The molecule has 3 rings (SSSR count). The molecule has 28 heavy (non-hydrogen) atoms. The van der Waals surface area contributed by atoms with Gasteiger partial charge >= 0.3 is 12.1 Å². The third-order valence-electron chi connectivity index (χ3n) is 4.15. The standard InChI is InChI=1S/C21H19F3N2O2/c1-20(2,3)15-11-9-14(10-12-15)19(27)28-18-13-17(21(22,23)24)25-26(18)16-7-5-4-6-8-16/h4-13H,1-3H3. The molecule has 7 heteroatoms. The first-order chi connectivity index (χ1) is 13.1. The van der Waals surface area contributed by atoms with Crippen molar-refractivity contribution in [1.82, 2.24) is 9.78 Å². The van der Waals surface area contributed by atoms with Gasteiger partial charge in [-0.05, 0) is 35.2 Å². The third-order valence-corrected chi connectivity index (χ3v) is 4.15. The average molecular weight is 388 g/mol. The number of aromatic nitrogens is 2. The largest absolute Gasteiger partial charge is 0.435 e. The molecule has 2 aromatic carbocycles. The molecule has 4 nitrogen and oxygen atoms in total. The summed E-state index contributed by atoms with van der Waals surface area (Å²) in [7, 11) is 0. The smallest absolute Gasteiger partial charge is 0.404 e. The van der Waals surface area contributed by atoms with Gasteiger partial charge in [-0.15, -0.1) is 0 Å². The van der Waals surface area contributed by atoms with E-state index in [0.29, 0.717) is 11.8 Å². The van der Waals surface area contributed by atoms with Crippen LogP contribution in [0.3, 0.4) is 0 Å². The molecule has 1 aromatic heterocycles. The van der Waals surface area contributed by atoms with Crippen molar-refractivity contribution in [2.24, 2.45) is 0 Å². The lowest BCUT2D eigenvalue weighted by Gasteiger charge is -2.18. The Labute approximate surface area is 160 Å². The van der Waals surface area contributed by atoms with Crippen LogP contribution in [0.5, 0.6) is 5.88 Å². The zero-order valence-electron chi connectivity index (χ0n) is 15.6. The van der Waals surface area contributed by atoms with Crippen molar-refractivity contribution in [3.8, 4) is 11.6 Å². The highest BCUT2D eigenvalue weighted by atomic mass is 19.4. The number of alkyl halides is 3. The topological polar surface area (TPSA) is 44.1 Å². The van der Waals surface area contributed by atoms with Crippen LogP contribution in [0.1, 0.15) is 42.4 Å². The van der Waals surface area contributed by atoms with Crippen LogP contribution >= 0.6 is 0 Å². The van der Waals surface area contributed by atoms with Crippen LogP contribution in [0.25, 0.3) is 5.69 Å². The molecule has 0 amide bonds. The van der Waals surface area contributed by atoms with Crippen molar-refractivity contribution in [3.63, 3.8) is 0 Å². The molecule has 0 aliphatic heterocycles. The number of para-hydroxylation sites is 1. The van der Waals surface area contributed by atoms with Crippen LogP contribution in [0.4, 0.5) is 13.2 Å². The number of nitrogens with zero attached hydrogens (tertiary/aromatic N) is 2. The van der Waals surface area contributed by atoms with Crippen molar-refractivity contribution in [1.29, 1.82) is 0 Å². The zero-order valence-corrected chi connectivity index (χ0v) is 15.6. The Morgan fingerprint density at radius 2 is 1.57 bits per heavy atom. The Kier molecular flexibility index (Phi) is 5.02. The molecule has 0 unspecified atom stereocenters. The minimum Gasteiger partial charge on any atom is -0.404 e. The summed E-state index contributed by atoms with van der Waals surface area (Å²) in [5.74, 6) is -1.06. The molecule has 0 radical (unpaired) electrons. The van der Waals surface area contributed by atoms with Gasteiger partial charge in [0.2, 0.25) is 5.88 Å². The number of ether oxygens (including phenoxy) is 1. The van der Waals surface area contributed by atoms with Gasteiger partial charge in [-0.3, -0.25) is 0 Å². The van der Waals surface area contributed by atoms with Gasteiger partial charge in [0.05, 0.1) is 11.3 Å². The highest BCUT2D eigenvalue weighted by molar-refractivity contribution is 5.91. The minimum absolute atomic E-state index is 0.0873. The van der Waals surface area contributed by atoms with E-state index in [0.717, 1.165) is 10.2 Å². The molecule has 0 saturated carbocycles. The molecular formula is C21H19F3N2O2. The fraction of sp³-hybridized carbons (Fsp3) is 0.238. The maximum atomic E-state index is 13.1. The molecular weight excluding hydrogens is 369 g/mol. The fourth-order valence-electron chi connectivity index (χ4n) is 2.59. The third kappa shape index (κ3) is 4.24. The van der Waals surface area contributed by atoms with E-state index in [9.17, 15) is 18.0 Å². The van der Waals surface area contributed by atoms with Crippen LogP contribution in [0.15, 0.2) is 60.7 Å². The lowest BCUT2D eigenvalue weighted by molar-refractivity contribution is -0.141. The summed E-state index contributed by atoms with van der Waals surface area (Å²) < 4.78 is 45.5. The second-order valence-electron chi connectivity index (χ2n) is 7.33. The van der Waals surface area contributed by atoms with Crippen molar-refractivity contribution in [3.05, 3.63) is 77.5 Å². The summed E-state index contributed by atoms with van der Waals surface area (Å²) in [6.07, 6.45) is -4.66. The number of halogens is 3. The van der Waals surface area contributed by atoms with E-state index < -0.39 is 17.8 Å². The number of hydrogen-bond donors (Lipinski definition) is 0. The summed E-state index contributed by atoms with van der Waals surface area (Å²) in [5.41, 5.74) is 0.391. The minimum atomic E-state index is -4.66. The van der Waals surface area contributed by atoms with Gasteiger partial charge in [0.1, 0.15) is 0 Å². The van der Waals surface area contributed by atoms with Gasteiger partial charge in [0, 0.05) is 6.07 Å². The maximum Gasteiger partial charge on any atom is 0.435 e. The lowest BCUT2D eigenvalue weighted by atomic mass is 9.87. The quantitative estimate of drug-likeness (QED) is 0.564. The molecule has 0 fully saturated rings. The van der Waals surface area contributed by atoms with Crippen LogP contribution in [0.2, 0.25) is 0 Å². The Bertz CT molecular complexity index is 970. The Hall–Kier alpha value is -3.09. The Morgan fingerprint density at radius 3 is 2.11 bits per heavy atom. The van der Waals surface area contributed by atoms with E-state index in [2.05, 4.69) is 5.10 Å². The van der Waals surface area contributed by atoms with Gasteiger partial charge in [-0.1, -0.05) is 51.1 Å². The van der Waals surface area contributed by atoms with E-state index >= 15 is 0 Å². The van der Waals surface area contributed by atoms with E-state index in [-0.39, 0.29) is 16.9 Å². The van der Waals surface area contributed by atoms with Crippen molar-refractivity contribution in [2.75, 3.05) is 0 Å². The molecule has 146 valence electrons. The molecule has 0 N–H and O–H groups in total. The number of carbonyl (C=O) groups is 1. The van der Waals surface area contributed by atoms with Crippen molar-refractivity contribution >= 4 is 5.97 Å². The molecule has 1 heterocycles. The van der Waals surface area contributed by atoms with Gasteiger partial charge in [-0.2, -0.15) is 18.3 Å². The normalized spacial score (nSPS) is 12.1. The van der Waals surface area contributed by atoms with Gasteiger partial charge < -0.3 is 4.74 Å². The average Bonchev–Trinajstić information content (AvgIpc) is 3.06. The van der Waals surface area contributed by atoms with Crippen molar-refractivity contribution in [2.45, 2.75) is 32.4 Å². The lowest BCUT2D eigenvalue weighted by Crippen LogP contribution is -2.14. The number of benzene rings is 2. The van der Waals surface area contributed by atoms with E-state index in [4.69, 9.17) is 4.74 Å². The molecule has 0 atom stereocenters. The molecule has 0 spiro atoms. The van der Waals surface area contributed by atoms with E-state index in [1.165, 1.54) is 0 Å². The first-order valence-corrected chi connectivity index (χ1v) is 8.61. The van der Waals surface area contributed by atoms with E-state index in [1.54, 1.807) is 54.6 Å². The summed E-state index contributed by atoms with van der Waals surface area (Å²) in [6.45, 7) is 6.12. The summed E-state index contributed by atoms with van der Waals surface area (Å²) in [5, 5.41) is 3.56. The predicted octanol–water partition coefficient (Wildman–Crippen LogP) is 5.41. The number of rotatable bonds is 3.